The van der Waals surface area contributed by atoms with Gasteiger partial charge in [0, 0.05) is 14.2 Å². The van der Waals surface area contributed by atoms with Crippen molar-refractivity contribution in [3.8, 4) is 11.5 Å². The molecule has 0 saturated carbocycles. The van der Waals surface area contributed by atoms with Crippen LogP contribution in [-0.2, 0) is 25.1 Å². The second-order valence-electron chi connectivity index (χ2n) is 8.07. The quantitative estimate of drug-likeness (QED) is 0.0983. The van der Waals surface area contributed by atoms with Gasteiger partial charge in [-0.25, -0.2) is 0 Å². The molecule has 0 saturated heterocycles. The standard InChI is InChI=1S/C27H27F6O5S/c1-34-16-17-36-20-8-12-23(13-9-20)39(22-6-4-3-5-7-22)24-14-10-21(11-15-24)37-18-25(26(28,29)30,27(31,32)33)38-19-35-2/h3-15H,16-19H2,1-2H3/q+1. The molecule has 5 nitrogen and oxygen atoms in total. The van der Waals surface area contributed by atoms with Crippen LogP contribution < -0.4 is 9.47 Å². The molecule has 0 amide bonds. The lowest BCUT2D eigenvalue weighted by Crippen LogP contribution is -2.62. The molecule has 1 atom stereocenters. The summed E-state index contributed by atoms with van der Waals surface area (Å²) in [5.41, 5.74) is -4.56. The van der Waals surface area contributed by atoms with Crippen molar-refractivity contribution in [3.05, 3.63) is 78.9 Å². The maximum atomic E-state index is 13.6. The minimum atomic E-state index is -5.80. The Morgan fingerprint density at radius 1 is 0.590 bits per heavy atom. The molecule has 0 radical (unpaired) electrons. The number of alkyl halides is 6. The van der Waals surface area contributed by atoms with Crippen LogP contribution in [0.25, 0.3) is 0 Å². The Kier molecular flexibility index (Phi) is 10.5. The van der Waals surface area contributed by atoms with E-state index in [-0.39, 0.29) is 5.75 Å². The Morgan fingerprint density at radius 2 is 1.08 bits per heavy atom. The molecule has 0 fully saturated rings. The van der Waals surface area contributed by atoms with E-state index in [1.54, 1.807) is 19.2 Å². The van der Waals surface area contributed by atoms with Crippen LogP contribution in [-0.4, -0.2) is 58.8 Å². The number of hydrogen-bond acceptors (Lipinski definition) is 5. The molecule has 39 heavy (non-hydrogen) atoms. The third-order valence-electron chi connectivity index (χ3n) is 5.44. The van der Waals surface area contributed by atoms with E-state index in [0.717, 1.165) is 21.8 Å². The molecule has 0 N–H and O–H groups in total. The molecule has 12 heteroatoms. The van der Waals surface area contributed by atoms with Gasteiger partial charge in [-0.3, -0.25) is 0 Å². The van der Waals surface area contributed by atoms with E-state index < -0.39 is 42.2 Å². The number of ether oxygens (including phenoxy) is 5. The monoisotopic (exact) mass is 577 g/mol. The zero-order valence-electron chi connectivity index (χ0n) is 21.1. The lowest BCUT2D eigenvalue weighted by molar-refractivity contribution is -0.397. The SMILES string of the molecule is COCCOc1ccc([S+](c2ccccc2)c2ccc(OCC(OCOC)(C(F)(F)F)C(F)(F)F)cc2)cc1. The zero-order valence-corrected chi connectivity index (χ0v) is 21.9. The van der Waals surface area contributed by atoms with Crippen LogP contribution in [0.5, 0.6) is 11.5 Å². The maximum Gasteiger partial charge on any atom is 0.430 e. The van der Waals surface area contributed by atoms with Crippen LogP contribution in [0, 0.1) is 0 Å². The van der Waals surface area contributed by atoms with Crippen molar-refractivity contribution in [1.82, 2.24) is 0 Å². The highest BCUT2D eigenvalue weighted by molar-refractivity contribution is 7.97. The maximum absolute atomic E-state index is 13.6. The van der Waals surface area contributed by atoms with Crippen molar-refractivity contribution in [2.24, 2.45) is 0 Å². The number of methoxy groups -OCH3 is 2. The van der Waals surface area contributed by atoms with E-state index in [1.165, 1.54) is 12.1 Å². The molecule has 0 spiro atoms. The largest absolute Gasteiger partial charge is 0.491 e. The number of halogens is 6. The van der Waals surface area contributed by atoms with Crippen LogP contribution in [0.3, 0.4) is 0 Å². The number of hydrogen-bond donors (Lipinski definition) is 0. The van der Waals surface area contributed by atoms with Crippen LogP contribution in [0.4, 0.5) is 26.3 Å². The zero-order chi connectivity index (χ0) is 28.5. The lowest BCUT2D eigenvalue weighted by Gasteiger charge is -2.36. The first-order valence-corrected chi connectivity index (χ1v) is 12.8. The molecule has 0 bridgehead atoms. The van der Waals surface area contributed by atoms with Crippen molar-refractivity contribution >= 4 is 10.9 Å². The average molecular weight is 578 g/mol. The second-order valence-corrected chi connectivity index (χ2v) is 10.1. The van der Waals surface area contributed by atoms with Gasteiger partial charge in [-0.05, 0) is 60.7 Å². The lowest BCUT2D eigenvalue weighted by atomic mass is 10.0. The first kappa shape index (κ1) is 30.6. The summed E-state index contributed by atoms with van der Waals surface area (Å²) in [7, 11) is 1.87. The predicted molar refractivity (Wildman–Crippen MR) is 132 cm³/mol. The summed E-state index contributed by atoms with van der Waals surface area (Å²) in [5, 5.41) is 0. The highest BCUT2D eigenvalue weighted by Crippen LogP contribution is 2.46. The molecule has 0 aliphatic rings. The van der Waals surface area contributed by atoms with E-state index >= 15 is 0 Å². The first-order chi connectivity index (χ1) is 18.5. The van der Waals surface area contributed by atoms with Gasteiger partial charge < -0.3 is 23.7 Å². The average Bonchev–Trinajstić information content (AvgIpc) is 2.90. The Morgan fingerprint density at radius 3 is 1.54 bits per heavy atom. The number of rotatable bonds is 13. The Balaban J connectivity index is 1.86. The van der Waals surface area contributed by atoms with Crippen LogP contribution in [0.15, 0.2) is 93.5 Å². The summed E-state index contributed by atoms with van der Waals surface area (Å²) in [4.78, 5) is 2.66. The van der Waals surface area contributed by atoms with Crippen molar-refractivity contribution in [1.29, 1.82) is 0 Å². The third kappa shape index (κ3) is 7.59. The minimum absolute atomic E-state index is 0.184. The van der Waals surface area contributed by atoms with E-state index in [2.05, 4.69) is 9.47 Å². The molecule has 0 aromatic heterocycles. The summed E-state index contributed by atoms with van der Waals surface area (Å²) in [6.45, 7) is -2.23. The van der Waals surface area contributed by atoms with Gasteiger partial charge in [0.1, 0.15) is 31.5 Å². The van der Waals surface area contributed by atoms with E-state index in [1.807, 2.05) is 54.6 Å². The highest BCUT2D eigenvalue weighted by atomic mass is 32.2. The molecule has 3 aromatic rings. The van der Waals surface area contributed by atoms with Crippen molar-refractivity contribution in [2.75, 3.05) is 40.8 Å². The van der Waals surface area contributed by atoms with Crippen LogP contribution >= 0.6 is 0 Å². The van der Waals surface area contributed by atoms with Gasteiger partial charge in [0.2, 0.25) is 0 Å². The van der Waals surface area contributed by atoms with E-state index in [9.17, 15) is 26.3 Å². The minimum Gasteiger partial charge on any atom is -0.491 e. The topological polar surface area (TPSA) is 46.2 Å². The molecule has 3 aromatic carbocycles. The fourth-order valence-electron chi connectivity index (χ4n) is 3.43. The van der Waals surface area contributed by atoms with Crippen molar-refractivity contribution < 1.29 is 50.0 Å². The summed E-state index contributed by atoms with van der Waals surface area (Å²) in [6.07, 6.45) is -11.6. The van der Waals surface area contributed by atoms with Gasteiger partial charge in [0.05, 0.1) is 17.5 Å². The Labute approximate surface area is 224 Å². The van der Waals surface area contributed by atoms with Gasteiger partial charge >= 0.3 is 12.4 Å². The summed E-state index contributed by atoms with van der Waals surface area (Å²) < 4.78 is 105. The van der Waals surface area contributed by atoms with Gasteiger partial charge in [-0.1, -0.05) is 18.2 Å². The van der Waals surface area contributed by atoms with Gasteiger partial charge in [-0.2, -0.15) is 26.3 Å². The fourth-order valence-corrected chi connectivity index (χ4v) is 5.49. The van der Waals surface area contributed by atoms with E-state index in [4.69, 9.17) is 14.2 Å². The van der Waals surface area contributed by atoms with Crippen LogP contribution in [0.2, 0.25) is 0 Å². The van der Waals surface area contributed by atoms with Crippen LogP contribution in [0.1, 0.15) is 0 Å². The molecule has 1 unspecified atom stereocenters. The molecule has 0 aliphatic carbocycles. The van der Waals surface area contributed by atoms with Crippen molar-refractivity contribution in [2.45, 2.75) is 32.6 Å². The first-order valence-electron chi connectivity index (χ1n) is 11.5. The Bertz CT molecular complexity index is 1120. The smallest absolute Gasteiger partial charge is 0.430 e. The van der Waals surface area contributed by atoms with Crippen molar-refractivity contribution in [3.63, 3.8) is 0 Å². The molecule has 3 rings (SSSR count). The number of benzene rings is 3. The highest BCUT2D eigenvalue weighted by Gasteiger charge is 2.73. The normalized spacial score (nSPS) is 13.2. The molecule has 0 heterocycles. The predicted octanol–water partition coefficient (Wildman–Crippen LogP) is 6.67. The van der Waals surface area contributed by atoms with Gasteiger partial charge in [0.15, 0.2) is 14.7 Å². The summed E-state index contributed by atoms with van der Waals surface area (Å²) >= 11 is 0. The third-order valence-corrected chi connectivity index (χ3v) is 7.67. The van der Waals surface area contributed by atoms with E-state index in [0.29, 0.717) is 19.0 Å². The molecule has 0 aliphatic heterocycles. The van der Waals surface area contributed by atoms with Gasteiger partial charge in [-0.15, -0.1) is 0 Å². The summed E-state index contributed by atoms with van der Waals surface area (Å²) in [6, 6.07) is 22.8. The Hall–Kier alpha value is -2.93. The summed E-state index contributed by atoms with van der Waals surface area (Å²) in [5.74, 6) is 0.473. The fraction of sp³-hybridized carbons (Fsp3) is 0.333. The molecular formula is C27H27F6O5S+. The second kappa shape index (κ2) is 13.4. The molecule has 212 valence electrons. The van der Waals surface area contributed by atoms with Gasteiger partial charge in [0.25, 0.3) is 5.60 Å². The molecular weight excluding hydrogens is 550 g/mol.